The van der Waals surface area contributed by atoms with Crippen molar-refractivity contribution in [1.29, 1.82) is 0 Å². The maximum atomic E-state index is 12.2. The molecule has 1 unspecified atom stereocenters. The highest BCUT2D eigenvalue weighted by Gasteiger charge is 2.25. The summed E-state index contributed by atoms with van der Waals surface area (Å²) in [6.07, 6.45) is 3.71. The molecular weight excluding hydrogens is 272 g/mol. The topological polar surface area (TPSA) is 35.5 Å². The molecule has 0 aromatic heterocycles. The van der Waals surface area contributed by atoms with E-state index in [1.165, 1.54) is 0 Å². The highest BCUT2D eigenvalue weighted by Crippen LogP contribution is 2.18. The Kier molecular flexibility index (Phi) is 7.07. The van der Waals surface area contributed by atoms with Crippen molar-refractivity contribution in [3.8, 4) is 0 Å². The summed E-state index contributed by atoms with van der Waals surface area (Å²) in [7, 11) is -3.42. The molecular formula is C14H30O3Si2. The van der Waals surface area contributed by atoms with Gasteiger partial charge in [0, 0.05) is 0 Å². The van der Waals surface area contributed by atoms with Gasteiger partial charge in [-0.25, -0.2) is 0 Å². The number of carbonyl (C=O) groups is 1. The number of hydrogen-bond acceptors (Lipinski definition) is 3. The second-order valence-corrected chi connectivity index (χ2v) is 15.8. The second-order valence-electron chi connectivity index (χ2n) is 6.92. The minimum absolute atomic E-state index is 0.0976. The summed E-state index contributed by atoms with van der Waals surface area (Å²) in [5, 5.41) is 0. The fourth-order valence-corrected chi connectivity index (χ4v) is 3.55. The zero-order chi connectivity index (χ0) is 15.3. The molecule has 0 radical (unpaired) electrons. The van der Waals surface area contributed by atoms with Crippen LogP contribution in [0, 0.1) is 5.92 Å². The molecule has 0 spiro atoms. The molecule has 0 aliphatic rings. The standard InChI is InChI=1S/C14H30O3Si2/c1-9-10-13(14(15)17-19(6,7)8)11-12(2)16-18(3,4)5/h11,13H,9-10H2,1-8H3/b12-11-. The fraction of sp³-hybridized carbons (Fsp3) is 0.786. The van der Waals surface area contributed by atoms with Crippen molar-refractivity contribution >= 4 is 22.6 Å². The van der Waals surface area contributed by atoms with Crippen molar-refractivity contribution in [3.63, 3.8) is 0 Å². The molecule has 0 amide bonds. The highest BCUT2D eigenvalue weighted by atomic mass is 28.4. The molecule has 0 saturated carbocycles. The first kappa shape index (κ1) is 18.4. The maximum Gasteiger partial charge on any atom is 0.299 e. The van der Waals surface area contributed by atoms with Gasteiger partial charge in [-0.2, -0.15) is 0 Å². The Morgan fingerprint density at radius 1 is 1.05 bits per heavy atom. The SMILES string of the molecule is CCCC(/C=C(/C)O[Si](C)(C)C)C(=O)O[Si](C)(C)C. The summed E-state index contributed by atoms with van der Waals surface area (Å²) in [4.78, 5) is 12.2. The first-order valence-electron chi connectivity index (χ1n) is 7.05. The van der Waals surface area contributed by atoms with Crippen LogP contribution in [0.5, 0.6) is 0 Å². The van der Waals surface area contributed by atoms with Gasteiger partial charge in [-0.05, 0) is 58.7 Å². The molecule has 0 aromatic rings. The van der Waals surface area contributed by atoms with Crippen LogP contribution in [0.4, 0.5) is 0 Å². The van der Waals surface area contributed by atoms with E-state index in [1.54, 1.807) is 0 Å². The molecule has 0 N–H and O–H groups in total. The van der Waals surface area contributed by atoms with Gasteiger partial charge in [0.25, 0.3) is 5.97 Å². The summed E-state index contributed by atoms with van der Waals surface area (Å²) in [5.74, 6) is 0.581. The lowest BCUT2D eigenvalue weighted by atomic mass is 10.0. The van der Waals surface area contributed by atoms with Crippen molar-refractivity contribution in [3.05, 3.63) is 11.8 Å². The van der Waals surface area contributed by atoms with Crippen molar-refractivity contribution in [1.82, 2.24) is 0 Å². The number of hydrogen-bond donors (Lipinski definition) is 0. The lowest BCUT2D eigenvalue weighted by molar-refractivity contribution is -0.138. The van der Waals surface area contributed by atoms with Gasteiger partial charge in [0.15, 0.2) is 0 Å². The Labute approximate surface area is 120 Å². The largest absolute Gasteiger partial charge is 0.548 e. The molecule has 0 rings (SSSR count). The van der Waals surface area contributed by atoms with E-state index < -0.39 is 16.6 Å². The number of allylic oxidation sites excluding steroid dienone is 1. The summed E-state index contributed by atoms with van der Waals surface area (Å²) in [6, 6.07) is 0. The van der Waals surface area contributed by atoms with Crippen molar-refractivity contribution in [2.24, 2.45) is 5.92 Å². The Morgan fingerprint density at radius 2 is 1.53 bits per heavy atom. The summed E-state index contributed by atoms with van der Waals surface area (Å²) < 4.78 is 11.5. The molecule has 0 fully saturated rings. The average molecular weight is 303 g/mol. The highest BCUT2D eigenvalue weighted by molar-refractivity contribution is 6.71. The van der Waals surface area contributed by atoms with Gasteiger partial charge in [0.2, 0.25) is 16.6 Å². The molecule has 0 saturated heterocycles. The van der Waals surface area contributed by atoms with Gasteiger partial charge in [0.1, 0.15) is 0 Å². The minimum atomic E-state index is -1.82. The molecule has 112 valence electrons. The molecule has 0 aliphatic carbocycles. The average Bonchev–Trinajstić information content (AvgIpc) is 2.10. The Hall–Kier alpha value is -0.556. The third-order valence-electron chi connectivity index (χ3n) is 2.21. The van der Waals surface area contributed by atoms with Crippen molar-refractivity contribution < 1.29 is 13.6 Å². The van der Waals surface area contributed by atoms with Crippen molar-refractivity contribution in [2.45, 2.75) is 66.0 Å². The predicted molar refractivity (Wildman–Crippen MR) is 86.0 cm³/mol. The fourth-order valence-electron chi connectivity index (χ4n) is 1.76. The Bertz CT molecular complexity index is 325. The molecule has 0 aromatic carbocycles. The van der Waals surface area contributed by atoms with Crippen LogP contribution >= 0.6 is 0 Å². The first-order chi connectivity index (χ1) is 8.44. The van der Waals surface area contributed by atoms with E-state index in [-0.39, 0.29) is 11.9 Å². The van der Waals surface area contributed by atoms with Crippen LogP contribution in [0.3, 0.4) is 0 Å². The third kappa shape index (κ3) is 9.95. The monoisotopic (exact) mass is 302 g/mol. The van der Waals surface area contributed by atoms with Gasteiger partial charge in [0.05, 0.1) is 11.7 Å². The zero-order valence-corrected chi connectivity index (χ0v) is 15.8. The van der Waals surface area contributed by atoms with E-state index in [0.717, 1.165) is 18.6 Å². The number of carbonyl (C=O) groups excluding carboxylic acids is 1. The van der Waals surface area contributed by atoms with Crippen LogP contribution in [0.1, 0.15) is 26.7 Å². The van der Waals surface area contributed by atoms with E-state index in [4.69, 9.17) is 8.85 Å². The van der Waals surface area contributed by atoms with Crippen LogP contribution in [0.15, 0.2) is 11.8 Å². The van der Waals surface area contributed by atoms with Crippen molar-refractivity contribution in [2.75, 3.05) is 0 Å². The van der Waals surface area contributed by atoms with Gasteiger partial charge in [-0.15, -0.1) is 0 Å². The molecule has 19 heavy (non-hydrogen) atoms. The first-order valence-corrected chi connectivity index (χ1v) is 13.9. The normalized spacial score (nSPS) is 15.1. The summed E-state index contributed by atoms with van der Waals surface area (Å²) >= 11 is 0. The lowest BCUT2D eigenvalue weighted by Crippen LogP contribution is -2.32. The van der Waals surface area contributed by atoms with Gasteiger partial charge in [-0.3, -0.25) is 4.79 Å². The quantitative estimate of drug-likeness (QED) is 0.512. The molecule has 0 bridgehead atoms. The van der Waals surface area contributed by atoms with Gasteiger partial charge < -0.3 is 8.85 Å². The van der Waals surface area contributed by atoms with E-state index in [1.807, 2.05) is 32.6 Å². The zero-order valence-electron chi connectivity index (χ0n) is 13.8. The van der Waals surface area contributed by atoms with Gasteiger partial charge in [-0.1, -0.05) is 13.3 Å². The second kappa shape index (κ2) is 7.29. The third-order valence-corrected chi connectivity index (χ3v) is 3.96. The van der Waals surface area contributed by atoms with Crippen LogP contribution in [-0.2, 0) is 13.6 Å². The molecule has 5 heteroatoms. The summed E-state index contributed by atoms with van der Waals surface area (Å²) in [6.45, 7) is 16.5. The van der Waals surface area contributed by atoms with Gasteiger partial charge >= 0.3 is 0 Å². The Balaban J connectivity index is 4.82. The van der Waals surface area contributed by atoms with E-state index in [9.17, 15) is 4.79 Å². The van der Waals surface area contributed by atoms with Crippen LogP contribution in [0.25, 0.3) is 0 Å². The summed E-state index contributed by atoms with van der Waals surface area (Å²) in [5.41, 5.74) is 0. The molecule has 3 nitrogen and oxygen atoms in total. The molecule has 1 atom stereocenters. The van der Waals surface area contributed by atoms with Crippen LogP contribution in [-0.4, -0.2) is 22.6 Å². The van der Waals surface area contributed by atoms with E-state index in [2.05, 4.69) is 26.6 Å². The van der Waals surface area contributed by atoms with Crippen LogP contribution < -0.4 is 0 Å². The number of rotatable bonds is 7. The van der Waals surface area contributed by atoms with E-state index >= 15 is 0 Å². The molecule has 0 aliphatic heterocycles. The molecule has 0 heterocycles. The smallest absolute Gasteiger partial charge is 0.299 e. The Morgan fingerprint density at radius 3 is 1.89 bits per heavy atom. The predicted octanol–water partition coefficient (Wildman–Crippen LogP) is 4.54. The lowest BCUT2D eigenvalue weighted by Gasteiger charge is -2.23. The van der Waals surface area contributed by atoms with Crippen LogP contribution in [0.2, 0.25) is 39.3 Å². The minimum Gasteiger partial charge on any atom is -0.548 e. The maximum absolute atomic E-state index is 12.2. The van der Waals surface area contributed by atoms with E-state index in [0.29, 0.717) is 0 Å².